The molecule has 0 radical (unpaired) electrons. The lowest BCUT2D eigenvalue weighted by molar-refractivity contribution is 0.0259. The topological polar surface area (TPSA) is 54.6 Å². The van der Waals surface area contributed by atoms with Crippen molar-refractivity contribution in [3.8, 4) is 0 Å². The van der Waals surface area contributed by atoms with Crippen LogP contribution >= 0.6 is 0 Å². The Labute approximate surface area is 96.6 Å². The maximum Gasteiger partial charge on any atom is 0.117 e. The summed E-state index contributed by atoms with van der Waals surface area (Å²) >= 11 is 0. The van der Waals surface area contributed by atoms with Crippen LogP contribution in [0.3, 0.4) is 0 Å². The van der Waals surface area contributed by atoms with E-state index < -0.39 is 6.10 Å². The number of rotatable bonds is 8. The Morgan fingerprint density at radius 2 is 2.25 bits per heavy atom. The van der Waals surface area contributed by atoms with Crippen LogP contribution in [0, 0.1) is 5.92 Å². The first-order chi connectivity index (χ1) is 7.68. The Balaban J connectivity index is 2.00. The summed E-state index contributed by atoms with van der Waals surface area (Å²) in [6.07, 6.45) is 1.17. The molecular weight excluding hydrogens is 206 g/mol. The van der Waals surface area contributed by atoms with Gasteiger partial charge in [-0.2, -0.15) is 0 Å². The Hall–Kier alpha value is -0.840. The Bertz CT molecular complexity index is 259. The average Bonchev–Trinajstić information content (AvgIpc) is 2.70. The monoisotopic (exact) mass is 227 g/mol. The molecule has 4 nitrogen and oxygen atoms in total. The zero-order chi connectivity index (χ0) is 11.8. The highest BCUT2D eigenvalue weighted by Gasteiger charge is 2.05. The van der Waals surface area contributed by atoms with Crippen LogP contribution in [-0.2, 0) is 11.3 Å². The summed E-state index contributed by atoms with van der Waals surface area (Å²) in [6.45, 7) is 6.38. The second-order valence-electron chi connectivity index (χ2n) is 4.30. The van der Waals surface area contributed by atoms with Crippen LogP contribution in [-0.4, -0.2) is 31.0 Å². The van der Waals surface area contributed by atoms with Crippen molar-refractivity contribution >= 4 is 0 Å². The van der Waals surface area contributed by atoms with Gasteiger partial charge in [-0.05, 0) is 18.1 Å². The molecule has 1 unspecified atom stereocenters. The highest BCUT2D eigenvalue weighted by atomic mass is 16.5. The summed E-state index contributed by atoms with van der Waals surface area (Å²) < 4.78 is 10.5. The zero-order valence-electron chi connectivity index (χ0n) is 9.98. The van der Waals surface area contributed by atoms with Crippen molar-refractivity contribution in [3.63, 3.8) is 0 Å². The first-order valence-electron chi connectivity index (χ1n) is 5.67. The van der Waals surface area contributed by atoms with E-state index in [0.717, 1.165) is 5.76 Å². The van der Waals surface area contributed by atoms with Crippen molar-refractivity contribution in [3.05, 3.63) is 24.2 Å². The van der Waals surface area contributed by atoms with E-state index in [2.05, 4.69) is 19.2 Å². The highest BCUT2D eigenvalue weighted by molar-refractivity contribution is 4.97. The minimum Gasteiger partial charge on any atom is -0.468 e. The fraction of sp³-hybridized carbons (Fsp3) is 0.667. The number of hydrogen-bond acceptors (Lipinski definition) is 4. The summed E-state index contributed by atoms with van der Waals surface area (Å²) in [5, 5.41) is 12.7. The molecule has 0 amide bonds. The molecule has 4 heteroatoms. The molecular formula is C12H21NO3. The normalized spacial score (nSPS) is 13.2. The number of ether oxygens (including phenoxy) is 1. The minimum atomic E-state index is -0.464. The average molecular weight is 227 g/mol. The van der Waals surface area contributed by atoms with Gasteiger partial charge in [0.1, 0.15) is 5.76 Å². The summed E-state index contributed by atoms with van der Waals surface area (Å²) in [4.78, 5) is 0. The fourth-order valence-electron chi connectivity index (χ4n) is 1.27. The number of aliphatic hydroxyl groups is 1. The maximum atomic E-state index is 9.57. The summed E-state index contributed by atoms with van der Waals surface area (Å²) in [6, 6.07) is 3.74. The smallest absolute Gasteiger partial charge is 0.117 e. The van der Waals surface area contributed by atoms with E-state index in [-0.39, 0.29) is 0 Å². The lowest BCUT2D eigenvalue weighted by atomic mass is 10.2. The van der Waals surface area contributed by atoms with E-state index in [4.69, 9.17) is 9.15 Å². The van der Waals surface area contributed by atoms with E-state index >= 15 is 0 Å². The van der Waals surface area contributed by atoms with Crippen LogP contribution in [0.15, 0.2) is 22.8 Å². The van der Waals surface area contributed by atoms with E-state index in [0.29, 0.717) is 32.2 Å². The predicted molar refractivity (Wildman–Crippen MR) is 62.1 cm³/mol. The van der Waals surface area contributed by atoms with Crippen molar-refractivity contribution < 1.29 is 14.3 Å². The number of furan rings is 1. The zero-order valence-corrected chi connectivity index (χ0v) is 9.98. The maximum absolute atomic E-state index is 9.57. The van der Waals surface area contributed by atoms with Gasteiger partial charge in [-0.15, -0.1) is 0 Å². The summed E-state index contributed by atoms with van der Waals surface area (Å²) in [5.74, 6) is 1.37. The second-order valence-corrected chi connectivity index (χ2v) is 4.30. The molecule has 16 heavy (non-hydrogen) atoms. The van der Waals surface area contributed by atoms with Crippen molar-refractivity contribution in [2.24, 2.45) is 5.92 Å². The molecule has 0 bridgehead atoms. The van der Waals surface area contributed by atoms with Crippen molar-refractivity contribution in [1.29, 1.82) is 0 Å². The van der Waals surface area contributed by atoms with Gasteiger partial charge in [0.05, 0.1) is 25.5 Å². The van der Waals surface area contributed by atoms with Crippen LogP contribution in [0.5, 0.6) is 0 Å². The lowest BCUT2D eigenvalue weighted by Crippen LogP contribution is -2.30. The summed E-state index contributed by atoms with van der Waals surface area (Å²) in [5.41, 5.74) is 0. The third kappa shape index (κ3) is 5.90. The highest BCUT2D eigenvalue weighted by Crippen LogP contribution is 1.98. The molecule has 0 aliphatic rings. The predicted octanol–water partition coefficient (Wildman–Crippen LogP) is 1.40. The first-order valence-corrected chi connectivity index (χ1v) is 5.67. The molecule has 92 valence electrons. The van der Waals surface area contributed by atoms with Crippen LogP contribution in [0.1, 0.15) is 19.6 Å². The van der Waals surface area contributed by atoms with Crippen LogP contribution in [0.4, 0.5) is 0 Å². The molecule has 0 aliphatic heterocycles. The molecule has 0 aromatic carbocycles. The van der Waals surface area contributed by atoms with E-state index in [1.54, 1.807) is 6.26 Å². The first kappa shape index (κ1) is 13.2. The Kier molecular flexibility index (Phi) is 6.15. The van der Waals surface area contributed by atoms with Gasteiger partial charge in [0.2, 0.25) is 0 Å². The van der Waals surface area contributed by atoms with Crippen molar-refractivity contribution in [2.45, 2.75) is 26.5 Å². The van der Waals surface area contributed by atoms with Gasteiger partial charge < -0.3 is 19.6 Å². The molecule has 1 aromatic heterocycles. The largest absolute Gasteiger partial charge is 0.468 e. The molecule has 0 saturated heterocycles. The van der Waals surface area contributed by atoms with Gasteiger partial charge in [-0.3, -0.25) is 0 Å². The van der Waals surface area contributed by atoms with Crippen LogP contribution < -0.4 is 5.32 Å². The Morgan fingerprint density at radius 3 is 2.88 bits per heavy atom. The molecule has 0 fully saturated rings. The third-order valence-electron chi connectivity index (χ3n) is 2.02. The van der Waals surface area contributed by atoms with E-state index in [1.165, 1.54) is 0 Å². The third-order valence-corrected chi connectivity index (χ3v) is 2.02. The van der Waals surface area contributed by atoms with Crippen molar-refractivity contribution in [1.82, 2.24) is 5.32 Å². The van der Waals surface area contributed by atoms with Gasteiger partial charge in [0.25, 0.3) is 0 Å². The molecule has 1 heterocycles. The molecule has 0 saturated carbocycles. The molecule has 1 atom stereocenters. The standard InChI is InChI=1S/C12H21NO3/c1-10(2)8-15-9-11(14)6-13-7-12-4-3-5-16-12/h3-5,10-11,13-14H,6-9H2,1-2H3. The molecule has 0 spiro atoms. The molecule has 0 aliphatic carbocycles. The van der Waals surface area contributed by atoms with Crippen LogP contribution in [0.2, 0.25) is 0 Å². The number of hydrogen-bond donors (Lipinski definition) is 2. The molecule has 2 N–H and O–H groups in total. The molecule has 1 rings (SSSR count). The van der Waals surface area contributed by atoms with Gasteiger partial charge in [0.15, 0.2) is 0 Å². The van der Waals surface area contributed by atoms with Crippen LogP contribution in [0.25, 0.3) is 0 Å². The fourth-order valence-corrected chi connectivity index (χ4v) is 1.27. The van der Waals surface area contributed by atoms with Crippen molar-refractivity contribution in [2.75, 3.05) is 19.8 Å². The SMILES string of the molecule is CC(C)COCC(O)CNCc1ccco1. The number of aliphatic hydroxyl groups excluding tert-OH is 1. The second kappa shape index (κ2) is 7.44. The van der Waals surface area contributed by atoms with Gasteiger partial charge >= 0.3 is 0 Å². The summed E-state index contributed by atoms with van der Waals surface area (Å²) in [7, 11) is 0. The minimum absolute atomic E-state index is 0.378. The Morgan fingerprint density at radius 1 is 1.44 bits per heavy atom. The number of nitrogens with one attached hydrogen (secondary N) is 1. The molecule has 1 aromatic rings. The van der Waals surface area contributed by atoms with E-state index in [9.17, 15) is 5.11 Å². The van der Waals surface area contributed by atoms with Gasteiger partial charge in [-0.1, -0.05) is 13.8 Å². The van der Waals surface area contributed by atoms with Gasteiger partial charge in [0, 0.05) is 13.2 Å². The lowest BCUT2D eigenvalue weighted by Gasteiger charge is -2.12. The van der Waals surface area contributed by atoms with Gasteiger partial charge in [-0.25, -0.2) is 0 Å². The van der Waals surface area contributed by atoms with E-state index in [1.807, 2.05) is 12.1 Å². The quantitative estimate of drug-likeness (QED) is 0.705.